The smallest absolute Gasteiger partial charge is 0.123 e. The minimum Gasteiger partial charge on any atom is -0.490 e. The molecule has 0 heterocycles. The highest BCUT2D eigenvalue weighted by molar-refractivity contribution is 5.45. The van der Waals surface area contributed by atoms with Crippen molar-refractivity contribution in [3.05, 3.63) is 29.3 Å². The number of hydrogen-bond acceptors (Lipinski definition) is 2. The third kappa shape index (κ3) is 1.65. The van der Waals surface area contributed by atoms with E-state index in [1.807, 2.05) is 25.1 Å². The van der Waals surface area contributed by atoms with Gasteiger partial charge in [0.15, 0.2) is 0 Å². The van der Waals surface area contributed by atoms with Crippen LogP contribution in [0.5, 0.6) is 5.75 Å². The summed E-state index contributed by atoms with van der Waals surface area (Å²) in [4.78, 5) is 0. The highest BCUT2D eigenvalue weighted by Gasteiger charge is 2.24. The Hall–Kier alpha value is -1.49. The van der Waals surface area contributed by atoms with E-state index in [9.17, 15) is 0 Å². The number of ether oxygens (including phenoxy) is 1. The van der Waals surface area contributed by atoms with Gasteiger partial charge in [-0.25, -0.2) is 0 Å². The Morgan fingerprint density at radius 2 is 2.23 bits per heavy atom. The highest BCUT2D eigenvalue weighted by Crippen LogP contribution is 2.29. The summed E-state index contributed by atoms with van der Waals surface area (Å²) in [7, 11) is 0. The monoisotopic (exact) mass is 173 g/mol. The summed E-state index contributed by atoms with van der Waals surface area (Å²) in [6.07, 6.45) is 2.69. The summed E-state index contributed by atoms with van der Waals surface area (Å²) in [5.41, 5.74) is 1.66. The van der Waals surface area contributed by atoms with Crippen LogP contribution in [0.4, 0.5) is 0 Å². The lowest BCUT2D eigenvalue weighted by Gasteiger charge is -2.07. The van der Waals surface area contributed by atoms with Crippen molar-refractivity contribution in [3.8, 4) is 11.8 Å². The average molecular weight is 173 g/mol. The summed E-state index contributed by atoms with van der Waals surface area (Å²) in [5, 5.41) is 8.79. The lowest BCUT2D eigenvalue weighted by atomic mass is 10.1. The van der Waals surface area contributed by atoms with E-state index in [0.29, 0.717) is 11.7 Å². The van der Waals surface area contributed by atoms with Crippen molar-refractivity contribution >= 4 is 0 Å². The van der Waals surface area contributed by atoms with Crippen molar-refractivity contribution in [2.24, 2.45) is 0 Å². The van der Waals surface area contributed by atoms with Crippen molar-refractivity contribution in [2.75, 3.05) is 0 Å². The molecule has 1 aliphatic rings. The molecule has 0 bridgehead atoms. The zero-order chi connectivity index (χ0) is 9.26. The molecular formula is C11H11NO. The van der Waals surface area contributed by atoms with Crippen LogP contribution < -0.4 is 4.74 Å². The molecule has 0 amide bonds. The summed E-state index contributed by atoms with van der Waals surface area (Å²) >= 11 is 0. The zero-order valence-electron chi connectivity index (χ0n) is 7.58. The standard InChI is InChI=1S/C11H11NO/c1-8-9(7-12)3-2-4-11(8)13-10-5-6-10/h2-4,10H,5-6H2,1H3. The fourth-order valence-electron chi connectivity index (χ4n) is 1.23. The number of benzene rings is 1. The number of hydrogen-bond donors (Lipinski definition) is 0. The molecule has 0 aliphatic heterocycles. The third-order valence-corrected chi connectivity index (χ3v) is 2.22. The number of nitrogens with zero attached hydrogens (tertiary/aromatic N) is 1. The van der Waals surface area contributed by atoms with E-state index in [0.717, 1.165) is 24.2 Å². The van der Waals surface area contributed by atoms with Gasteiger partial charge in [0.1, 0.15) is 5.75 Å². The number of nitriles is 1. The van der Waals surface area contributed by atoms with Gasteiger partial charge in [-0.05, 0) is 31.9 Å². The largest absolute Gasteiger partial charge is 0.490 e. The first-order chi connectivity index (χ1) is 6.31. The van der Waals surface area contributed by atoms with E-state index in [1.165, 1.54) is 0 Å². The summed E-state index contributed by atoms with van der Waals surface area (Å²) in [5.74, 6) is 0.863. The number of rotatable bonds is 2. The molecule has 0 atom stereocenters. The van der Waals surface area contributed by atoms with E-state index >= 15 is 0 Å². The Morgan fingerprint density at radius 1 is 1.46 bits per heavy atom. The Kier molecular flexibility index (Phi) is 1.94. The second-order valence-corrected chi connectivity index (χ2v) is 3.36. The van der Waals surface area contributed by atoms with Crippen LogP contribution in [0.25, 0.3) is 0 Å². The minimum atomic E-state index is 0.396. The molecule has 1 aromatic rings. The molecule has 0 aromatic heterocycles. The fourth-order valence-corrected chi connectivity index (χ4v) is 1.23. The normalized spacial score (nSPS) is 15.1. The molecule has 13 heavy (non-hydrogen) atoms. The van der Waals surface area contributed by atoms with Gasteiger partial charge < -0.3 is 4.74 Å². The molecule has 2 nitrogen and oxygen atoms in total. The molecule has 0 unspecified atom stereocenters. The SMILES string of the molecule is Cc1c(C#N)cccc1OC1CC1. The third-order valence-electron chi connectivity index (χ3n) is 2.22. The maximum absolute atomic E-state index is 8.79. The van der Waals surface area contributed by atoms with Gasteiger partial charge >= 0.3 is 0 Å². The maximum atomic E-state index is 8.79. The van der Waals surface area contributed by atoms with Crippen LogP contribution in [0.2, 0.25) is 0 Å². The van der Waals surface area contributed by atoms with Crippen LogP contribution in [-0.4, -0.2) is 6.10 Å². The molecule has 1 fully saturated rings. The van der Waals surface area contributed by atoms with Crippen molar-refractivity contribution in [2.45, 2.75) is 25.9 Å². The Balaban J connectivity index is 2.28. The van der Waals surface area contributed by atoms with E-state index in [4.69, 9.17) is 10.00 Å². The molecule has 2 heteroatoms. The molecule has 1 aromatic carbocycles. The Labute approximate surface area is 77.8 Å². The van der Waals surface area contributed by atoms with Gasteiger partial charge in [0, 0.05) is 5.56 Å². The van der Waals surface area contributed by atoms with Crippen molar-refractivity contribution in [3.63, 3.8) is 0 Å². The molecule has 0 radical (unpaired) electrons. The summed E-state index contributed by atoms with van der Waals surface area (Å²) in [6, 6.07) is 7.75. The van der Waals surface area contributed by atoms with Crippen LogP contribution in [0.15, 0.2) is 18.2 Å². The first kappa shape index (κ1) is 8.12. The predicted molar refractivity (Wildman–Crippen MR) is 49.5 cm³/mol. The molecule has 1 aliphatic carbocycles. The molecule has 66 valence electrons. The van der Waals surface area contributed by atoms with Gasteiger partial charge in [-0.15, -0.1) is 0 Å². The summed E-state index contributed by atoms with van der Waals surface area (Å²) in [6.45, 7) is 1.93. The molecular weight excluding hydrogens is 162 g/mol. The molecule has 0 spiro atoms. The van der Waals surface area contributed by atoms with Gasteiger partial charge in [-0.3, -0.25) is 0 Å². The van der Waals surface area contributed by atoms with Gasteiger partial charge in [0.05, 0.1) is 17.7 Å². The fraction of sp³-hybridized carbons (Fsp3) is 0.364. The van der Waals surface area contributed by atoms with Crippen LogP contribution >= 0.6 is 0 Å². The summed E-state index contributed by atoms with van der Waals surface area (Å²) < 4.78 is 5.65. The zero-order valence-corrected chi connectivity index (χ0v) is 7.58. The average Bonchev–Trinajstić information content (AvgIpc) is 2.92. The van der Waals surface area contributed by atoms with Gasteiger partial charge in [0.2, 0.25) is 0 Å². The van der Waals surface area contributed by atoms with Crippen molar-refractivity contribution in [1.82, 2.24) is 0 Å². The maximum Gasteiger partial charge on any atom is 0.123 e. The second kappa shape index (κ2) is 3.10. The van der Waals surface area contributed by atoms with E-state index in [2.05, 4.69) is 6.07 Å². The van der Waals surface area contributed by atoms with E-state index in [1.54, 1.807) is 0 Å². The van der Waals surface area contributed by atoms with Gasteiger partial charge in [-0.2, -0.15) is 5.26 Å². The van der Waals surface area contributed by atoms with Gasteiger partial charge in [-0.1, -0.05) is 6.07 Å². The first-order valence-electron chi connectivity index (χ1n) is 4.47. The molecule has 0 saturated heterocycles. The van der Waals surface area contributed by atoms with Crippen LogP contribution in [0.1, 0.15) is 24.0 Å². The Morgan fingerprint density at radius 3 is 2.85 bits per heavy atom. The Bertz CT molecular complexity index is 361. The van der Waals surface area contributed by atoms with Crippen LogP contribution in [0, 0.1) is 18.3 Å². The first-order valence-corrected chi connectivity index (χ1v) is 4.47. The van der Waals surface area contributed by atoms with E-state index in [-0.39, 0.29) is 0 Å². The highest BCUT2D eigenvalue weighted by atomic mass is 16.5. The molecule has 2 rings (SSSR count). The van der Waals surface area contributed by atoms with E-state index < -0.39 is 0 Å². The lowest BCUT2D eigenvalue weighted by molar-refractivity contribution is 0.301. The van der Waals surface area contributed by atoms with Crippen molar-refractivity contribution < 1.29 is 4.74 Å². The minimum absolute atomic E-state index is 0.396. The molecule has 0 N–H and O–H groups in total. The van der Waals surface area contributed by atoms with Crippen molar-refractivity contribution in [1.29, 1.82) is 5.26 Å². The topological polar surface area (TPSA) is 33.0 Å². The van der Waals surface area contributed by atoms with Crippen LogP contribution in [-0.2, 0) is 0 Å². The molecule has 1 saturated carbocycles. The van der Waals surface area contributed by atoms with Gasteiger partial charge in [0.25, 0.3) is 0 Å². The second-order valence-electron chi connectivity index (χ2n) is 3.36. The lowest BCUT2D eigenvalue weighted by Crippen LogP contribution is -1.98. The van der Waals surface area contributed by atoms with Crippen LogP contribution in [0.3, 0.4) is 0 Å². The predicted octanol–water partition coefficient (Wildman–Crippen LogP) is 2.41. The quantitative estimate of drug-likeness (QED) is 0.688.